The molecule has 0 aliphatic heterocycles. The summed E-state index contributed by atoms with van der Waals surface area (Å²) < 4.78 is 0. The molecule has 0 saturated heterocycles. The van der Waals surface area contributed by atoms with Crippen molar-refractivity contribution in [3.05, 3.63) is 52.7 Å². The van der Waals surface area contributed by atoms with Gasteiger partial charge in [-0.15, -0.1) is 11.3 Å². The van der Waals surface area contributed by atoms with E-state index in [4.69, 9.17) is 0 Å². The third-order valence-electron chi connectivity index (χ3n) is 2.07. The van der Waals surface area contributed by atoms with Crippen molar-refractivity contribution in [2.75, 3.05) is 0 Å². The van der Waals surface area contributed by atoms with Crippen LogP contribution < -0.4 is 0 Å². The molecule has 0 unspecified atom stereocenters. The van der Waals surface area contributed by atoms with Crippen LogP contribution in [0.3, 0.4) is 0 Å². The van der Waals surface area contributed by atoms with Gasteiger partial charge in [0.05, 0.1) is 0 Å². The fraction of sp³-hybridized carbons (Fsp3) is 0. The fourth-order valence-electron chi connectivity index (χ4n) is 1.36. The molecule has 0 fully saturated rings. The van der Waals surface area contributed by atoms with E-state index in [9.17, 15) is 4.79 Å². The van der Waals surface area contributed by atoms with Gasteiger partial charge in [-0.05, 0) is 34.7 Å². The van der Waals surface area contributed by atoms with E-state index in [0.717, 1.165) is 11.2 Å². The summed E-state index contributed by atoms with van der Waals surface area (Å²) >= 11 is 1.64. The minimum atomic E-state index is 0.794. The van der Waals surface area contributed by atoms with Crippen LogP contribution in [-0.4, -0.2) is 6.29 Å². The molecule has 0 spiro atoms. The number of carbonyl (C=O) groups is 1. The van der Waals surface area contributed by atoms with Crippen molar-refractivity contribution in [2.45, 2.75) is 0 Å². The lowest BCUT2D eigenvalue weighted by atomic mass is 10.1. The first kappa shape index (κ1) is 9.87. The maximum absolute atomic E-state index is 10.2. The van der Waals surface area contributed by atoms with Gasteiger partial charge in [-0.1, -0.05) is 30.3 Å². The van der Waals surface area contributed by atoms with Crippen LogP contribution in [-0.2, 0) is 4.79 Å². The highest BCUT2D eigenvalue weighted by Gasteiger charge is 1.98. The van der Waals surface area contributed by atoms with E-state index in [1.165, 1.54) is 17.2 Å². The number of hydrogen-bond acceptors (Lipinski definition) is 2. The molecule has 0 atom stereocenters. The number of aldehydes is 1. The smallest absolute Gasteiger partial charge is 0.142 e. The summed E-state index contributed by atoms with van der Waals surface area (Å²) in [6.45, 7) is 0. The topological polar surface area (TPSA) is 17.1 Å². The molecule has 15 heavy (non-hydrogen) atoms. The monoisotopic (exact) mass is 214 g/mol. The summed E-state index contributed by atoms with van der Waals surface area (Å²) in [4.78, 5) is 11.3. The molecule has 2 heteroatoms. The molecule has 0 bridgehead atoms. The summed E-state index contributed by atoms with van der Waals surface area (Å²) in [5.74, 6) is 0. The van der Waals surface area contributed by atoms with E-state index >= 15 is 0 Å². The van der Waals surface area contributed by atoms with Gasteiger partial charge >= 0.3 is 0 Å². The zero-order valence-electron chi connectivity index (χ0n) is 8.09. The Kier molecular flexibility index (Phi) is 3.10. The van der Waals surface area contributed by atoms with Crippen LogP contribution in [0.15, 0.2) is 47.9 Å². The van der Waals surface area contributed by atoms with Crippen LogP contribution in [0.5, 0.6) is 0 Å². The zero-order valence-corrected chi connectivity index (χ0v) is 8.91. The largest absolute Gasteiger partial charge is 0.299 e. The average molecular weight is 214 g/mol. The lowest BCUT2D eigenvalue weighted by molar-refractivity contribution is -0.104. The normalized spacial score (nSPS) is 10.7. The number of rotatable bonds is 3. The minimum Gasteiger partial charge on any atom is -0.299 e. The highest BCUT2D eigenvalue weighted by atomic mass is 32.1. The van der Waals surface area contributed by atoms with E-state index in [0.29, 0.717) is 0 Å². The van der Waals surface area contributed by atoms with Crippen LogP contribution in [0.2, 0.25) is 0 Å². The Morgan fingerprint density at radius 1 is 1.07 bits per heavy atom. The number of carbonyl (C=O) groups excluding carboxylic acids is 1. The predicted octanol–water partition coefficient (Wildman–Crippen LogP) is 3.63. The molecule has 1 heterocycles. The van der Waals surface area contributed by atoms with Crippen molar-refractivity contribution in [3.63, 3.8) is 0 Å². The van der Waals surface area contributed by atoms with Gasteiger partial charge in [0, 0.05) is 4.88 Å². The number of benzene rings is 1. The van der Waals surface area contributed by atoms with Gasteiger partial charge in [-0.3, -0.25) is 4.79 Å². The quantitative estimate of drug-likeness (QED) is 0.563. The second kappa shape index (κ2) is 4.71. The fourth-order valence-corrected chi connectivity index (χ4v) is 2.18. The molecule has 2 aromatic rings. The van der Waals surface area contributed by atoms with Crippen molar-refractivity contribution in [3.8, 4) is 11.1 Å². The molecule has 0 aliphatic rings. The summed E-state index contributed by atoms with van der Waals surface area (Å²) in [5.41, 5.74) is 2.41. The molecular formula is C13H10OS. The lowest BCUT2D eigenvalue weighted by Gasteiger charge is -1.94. The molecule has 1 aromatic carbocycles. The number of allylic oxidation sites excluding steroid dienone is 1. The first-order valence-electron chi connectivity index (χ1n) is 4.66. The van der Waals surface area contributed by atoms with Gasteiger partial charge in [0.2, 0.25) is 0 Å². The third-order valence-corrected chi connectivity index (χ3v) is 2.96. The van der Waals surface area contributed by atoms with Crippen molar-refractivity contribution in [1.82, 2.24) is 0 Å². The minimum absolute atomic E-state index is 0.794. The number of thiophene rings is 1. The SMILES string of the molecule is O=CC=Cc1cc(-c2ccccc2)cs1. The highest BCUT2D eigenvalue weighted by molar-refractivity contribution is 7.11. The molecule has 0 amide bonds. The van der Waals surface area contributed by atoms with Crippen LogP contribution in [0.25, 0.3) is 17.2 Å². The Balaban J connectivity index is 2.28. The van der Waals surface area contributed by atoms with Gasteiger partial charge in [-0.2, -0.15) is 0 Å². The van der Waals surface area contributed by atoms with Crippen LogP contribution in [0.1, 0.15) is 4.88 Å². The molecule has 0 saturated carbocycles. The highest BCUT2D eigenvalue weighted by Crippen LogP contribution is 2.25. The van der Waals surface area contributed by atoms with Crippen LogP contribution in [0.4, 0.5) is 0 Å². The van der Waals surface area contributed by atoms with Gasteiger partial charge in [-0.25, -0.2) is 0 Å². The Morgan fingerprint density at radius 2 is 1.87 bits per heavy atom. The standard InChI is InChI=1S/C13H10OS/c14-8-4-7-13-9-12(10-15-13)11-5-2-1-3-6-11/h1-10H. The number of hydrogen-bond donors (Lipinski definition) is 0. The molecule has 2 rings (SSSR count). The summed E-state index contributed by atoms with van der Waals surface area (Å²) in [6.07, 6.45) is 4.13. The molecule has 74 valence electrons. The third kappa shape index (κ3) is 2.42. The van der Waals surface area contributed by atoms with Gasteiger partial charge in [0.25, 0.3) is 0 Å². The van der Waals surface area contributed by atoms with E-state index in [-0.39, 0.29) is 0 Å². The Hall–Kier alpha value is -1.67. The molecule has 0 aliphatic carbocycles. The maximum Gasteiger partial charge on any atom is 0.142 e. The van der Waals surface area contributed by atoms with Crippen molar-refractivity contribution in [2.24, 2.45) is 0 Å². The summed E-state index contributed by atoms with van der Waals surface area (Å²) in [7, 11) is 0. The maximum atomic E-state index is 10.2. The van der Waals surface area contributed by atoms with Gasteiger partial charge in [0.1, 0.15) is 6.29 Å². The first-order chi connectivity index (χ1) is 7.40. The van der Waals surface area contributed by atoms with Crippen molar-refractivity contribution in [1.29, 1.82) is 0 Å². The van der Waals surface area contributed by atoms with Crippen molar-refractivity contribution < 1.29 is 4.79 Å². The van der Waals surface area contributed by atoms with Crippen LogP contribution >= 0.6 is 11.3 Å². The first-order valence-corrected chi connectivity index (χ1v) is 5.54. The van der Waals surface area contributed by atoms with Crippen LogP contribution in [0, 0.1) is 0 Å². The second-order valence-corrected chi connectivity index (χ2v) is 4.04. The molecule has 0 N–H and O–H groups in total. The van der Waals surface area contributed by atoms with Crippen molar-refractivity contribution >= 4 is 23.7 Å². The summed E-state index contributed by atoms with van der Waals surface area (Å²) in [5, 5.41) is 2.10. The molecule has 0 radical (unpaired) electrons. The Bertz CT molecular complexity index is 468. The Labute approximate surface area is 92.7 Å². The average Bonchev–Trinajstić information content (AvgIpc) is 2.76. The predicted molar refractivity (Wildman–Crippen MR) is 64.9 cm³/mol. The van der Waals surface area contributed by atoms with E-state index in [1.807, 2.05) is 24.3 Å². The van der Waals surface area contributed by atoms with E-state index in [1.54, 1.807) is 11.3 Å². The van der Waals surface area contributed by atoms with Gasteiger partial charge < -0.3 is 0 Å². The second-order valence-electron chi connectivity index (χ2n) is 3.10. The van der Waals surface area contributed by atoms with E-state index in [2.05, 4.69) is 23.6 Å². The summed E-state index contributed by atoms with van der Waals surface area (Å²) in [6, 6.07) is 12.3. The van der Waals surface area contributed by atoms with Gasteiger partial charge in [0.15, 0.2) is 0 Å². The lowest BCUT2D eigenvalue weighted by Crippen LogP contribution is -1.70. The van der Waals surface area contributed by atoms with E-state index < -0.39 is 0 Å². The molecule has 1 aromatic heterocycles. The molecular weight excluding hydrogens is 204 g/mol. The Morgan fingerprint density at radius 3 is 2.60 bits per heavy atom. The zero-order chi connectivity index (χ0) is 10.5. The molecule has 1 nitrogen and oxygen atoms in total.